The lowest BCUT2D eigenvalue weighted by Gasteiger charge is -2.29. The van der Waals surface area contributed by atoms with E-state index in [9.17, 15) is 9.59 Å². The van der Waals surface area contributed by atoms with Crippen LogP contribution in [-0.2, 0) is 4.74 Å². The summed E-state index contributed by atoms with van der Waals surface area (Å²) in [6, 6.07) is 5.20. The molecule has 1 aliphatic rings. The number of hydrogen-bond donors (Lipinski definition) is 1. The summed E-state index contributed by atoms with van der Waals surface area (Å²) in [6.07, 6.45) is 2.95. The number of nitrogens with zero attached hydrogens (tertiary/aromatic N) is 3. The summed E-state index contributed by atoms with van der Waals surface area (Å²) in [7, 11) is 0. The van der Waals surface area contributed by atoms with Crippen LogP contribution in [0.25, 0.3) is 5.65 Å². The van der Waals surface area contributed by atoms with Crippen LogP contribution in [0.3, 0.4) is 0 Å². The van der Waals surface area contributed by atoms with Crippen molar-refractivity contribution in [1.29, 1.82) is 0 Å². The SMILES string of the molecule is CC(CN1CCOCC1)NC(=O)c1cnc2ccccn2c1=O. The molecule has 1 fully saturated rings. The Hall–Kier alpha value is -2.25. The number of aromatic nitrogens is 2. The van der Waals surface area contributed by atoms with Crippen molar-refractivity contribution in [2.24, 2.45) is 0 Å². The van der Waals surface area contributed by atoms with Crippen molar-refractivity contribution >= 4 is 11.6 Å². The highest BCUT2D eigenvalue weighted by Crippen LogP contribution is 2.01. The summed E-state index contributed by atoms with van der Waals surface area (Å²) in [4.78, 5) is 31.1. The topological polar surface area (TPSA) is 75.9 Å². The van der Waals surface area contributed by atoms with Crippen LogP contribution < -0.4 is 10.9 Å². The predicted octanol–water partition coefficient (Wildman–Crippen LogP) is 0.145. The predicted molar refractivity (Wildman–Crippen MR) is 85.6 cm³/mol. The normalized spacial score (nSPS) is 17.1. The molecule has 1 amide bonds. The van der Waals surface area contributed by atoms with Crippen LogP contribution in [0.4, 0.5) is 0 Å². The first-order chi connectivity index (χ1) is 11.1. The average molecular weight is 316 g/mol. The zero-order valence-corrected chi connectivity index (χ0v) is 13.1. The maximum Gasteiger partial charge on any atom is 0.270 e. The van der Waals surface area contributed by atoms with E-state index in [2.05, 4.69) is 15.2 Å². The molecule has 1 unspecified atom stereocenters. The number of pyridine rings is 1. The first-order valence-electron chi connectivity index (χ1n) is 7.72. The van der Waals surface area contributed by atoms with Gasteiger partial charge in [0.05, 0.1) is 13.2 Å². The maximum absolute atomic E-state index is 12.4. The van der Waals surface area contributed by atoms with Crippen molar-refractivity contribution in [3.05, 3.63) is 46.5 Å². The minimum Gasteiger partial charge on any atom is -0.379 e. The number of ether oxygens (including phenoxy) is 1. The highest BCUT2D eigenvalue weighted by Gasteiger charge is 2.18. The zero-order chi connectivity index (χ0) is 16.2. The van der Waals surface area contributed by atoms with Gasteiger partial charge in [-0.15, -0.1) is 0 Å². The number of rotatable bonds is 4. The minimum atomic E-state index is -0.387. The van der Waals surface area contributed by atoms with E-state index in [-0.39, 0.29) is 23.1 Å². The lowest BCUT2D eigenvalue weighted by molar-refractivity contribution is 0.0342. The Bertz CT molecular complexity index is 752. The van der Waals surface area contributed by atoms with E-state index in [1.165, 1.54) is 10.6 Å². The molecule has 0 spiro atoms. The Kier molecular flexibility index (Phi) is 4.68. The fraction of sp³-hybridized carbons (Fsp3) is 0.438. The fourth-order valence-electron chi connectivity index (χ4n) is 2.70. The molecule has 7 heteroatoms. The van der Waals surface area contributed by atoms with Crippen LogP contribution in [0.1, 0.15) is 17.3 Å². The van der Waals surface area contributed by atoms with E-state index in [1.807, 2.05) is 6.92 Å². The number of hydrogen-bond acceptors (Lipinski definition) is 5. The van der Waals surface area contributed by atoms with Crippen molar-refractivity contribution < 1.29 is 9.53 Å². The monoisotopic (exact) mass is 316 g/mol. The molecule has 0 aromatic carbocycles. The van der Waals surface area contributed by atoms with Crippen molar-refractivity contribution in [2.45, 2.75) is 13.0 Å². The van der Waals surface area contributed by atoms with Crippen molar-refractivity contribution in [1.82, 2.24) is 19.6 Å². The Balaban J connectivity index is 1.70. The van der Waals surface area contributed by atoms with E-state index < -0.39 is 0 Å². The maximum atomic E-state index is 12.4. The van der Waals surface area contributed by atoms with Crippen LogP contribution in [0.2, 0.25) is 0 Å². The highest BCUT2D eigenvalue weighted by atomic mass is 16.5. The van der Waals surface area contributed by atoms with Gasteiger partial charge < -0.3 is 10.1 Å². The van der Waals surface area contributed by atoms with Gasteiger partial charge in [-0.2, -0.15) is 0 Å². The summed E-state index contributed by atoms with van der Waals surface area (Å²) in [5, 5.41) is 2.87. The molecule has 7 nitrogen and oxygen atoms in total. The van der Waals surface area contributed by atoms with Gasteiger partial charge in [0.25, 0.3) is 11.5 Å². The second kappa shape index (κ2) is 6.89. The van der Waals surface area contributed by atoms with E-state index in [1.54, 1.807) is 24.4 Å². The molecule has 1 N–H and O–H groups in total. The number of carbonyl (C=O) groups excluding carboxylic acids is 1. The summed E-state index contributed by atoms with van der Waals surface area (Å²) >= 11 is 0. The standard InChI is InChI=1S/C16H20N4O3/c1-12(11-19-6-8-23-9-7-19)18-15(21)13-10-17-14-4-2-3-5-20(14)16(13)22/h2-5,10,12H,6-9,11H2,1H3,(H,18,21). The molecule has 122 valence electrons. The number of morpholine rings is 1. The number of fused-ring (bicyclic) bond motifs is 1. The van der Waals surface area contributed by atoms with Gasteiger partial charge in [-0.05, 0) is 19.1 Å². The Morgan fingerprint density at radius 2 is 2.17 bits per heavy atom. The summed E-state index contributed by atoms with van der Waals surface area (Å²) in [6.45, 7) is 5.82. The Labute approximate surface area is 133 Å². The Morgan fingerprint density at radius 1 is 1.39 bits per heavy atom. The molecule has 2 aromatic heterocycles. The average Bonchev–Trinajstić information content (AvgIpc) is 2.56. The molecule has 0 saturated carbocycles. The highest BCUT2D eigenvalue weighted by molar-refractivity contribution is 5.93. The molecular weight excluding hydrogens is 296 g/mol. The number of nitrogens with one attached hydrogen (secondary N) is 1. The number of carbonyl (C=O) groups is 1. The lowest BCUT2D eigenvalue weighted by Crippen LogP contribution is -2.46. The third-order valence-electron chi connectivity index (χ3n) is 3.87. The van der Waals surface area contributed by atoms with Gasteiger partial charge in [-0.25, -0.2) is 4.98 Å². The Morgan fingerprint density at radius 3 is 2.96 bits per heavy atom. The molecule has 0 bridgehead atoms. The van der Waals surface area contributed by atoms with Crippen LogP contribution in [-0.4, -0.2) is 59.1 Å². The van der Waals surface area contributed by atoms with E-state index in [0.29, 0.717) is 5.65 Å². The zero-order valence-electron chi connectivity index (χ0n) is 13.1. The van der Waals surface area contributed by atoms with Crippen LogP contribution in [0.5, 0.6) is 0 Å². The van der Waals surface area contributed by atoms with E-state index in [0.717, 1.165) is 32.8 Å². The second-order valence-corrected chi connectivity index (χ2v) is 5.69. The molecule has 0 aliphatic carbocycles. The molecule has 3 rings (SSSR count). The quantitative estimate of drug-likeness (QED) is 0.869. The summed E-state index contributed by atoms with van der Waals surface area (Å²) < 4.78 is 6.68. The van der Waals surface area contributed by atoms with Gasteiger partial charge in [0.15, 0.2) is 0 Å². The van der Waals surface area contributed by atoms with Gasteiger partial charge >= 0.3 is 0 Å². The van der Waals surface area contributed by atoms with Gasteiger partial charge in [0.1, 0.15) is 11.2 Å². The van der Waals surface area contributed by atoms with Gasteiger partial charge in [0, 0.05) is 38.1 Å². The molecule has 1 saturated heterocycles. The first-order valence-corrected chi connectivity index (χ1v) is 7.72. The molecular formula is C16H20N4O3. The molecule has 23 heavy (non-hydrogen) atoms. The number of amides is 1. The summed E-state index contributed by atoms with van der Waals surface area (Å²) in [5.41, 5.74) is 0.226. The van der Waals surface area contributed by atoms with Crippen molar-refractivity contribution in [2.75, 3.05) is 32.8 Å². The third-order valence-corrected chi connectivity index (χ3v) is 3.87. The van der Waals surface area contributed by atoms with Crippen LogP contribution in [0.15, 0.2) is 35.4 Å². The molecule has 1 atom stereocenters. The first kappa shape index (κ1) is 15.6. The van der Waals surface area contributed by atoms with Gasteiger partial charge in [-0.3, -0.25) is 18.9 Å². The molecule has 2 aromatic rings. The third kappa shape index (κ3) is 3.57. The smallest absolute Gasteiger partial charge is 0.270 e. The second-order valence-electron chi connectivity index (χ2n) is 5.69. The van der Waals surface area contributed by atoms with Crippen LogP contribution in [0, 0.1) is 0 Å². The summed E-state index contributed by atoms with van der Waals surface area (Å²) in [5.74, 6) is -0.387. The minimum absolute atomic E-state index is 0.0579. The van der Waals surface area contributed by atoms with Crippen LogP contribution >= 0.6 is 0 Å². The van der Waals surface area contributed by atoms with Crippen molar-refractivity contribution in [3.63, 3.8) is 0 Å². The molecule has 3 heterocycles. The van der Waals surface area contributed by atoms with Crippen molar-refractivity contribution in [3.8, 4) is 0 Å². The van der Waals surface area contributed by atoms with E-state index in [4.69, 9.17) is 4.74 Å². The largest absolute Gasteiger partial charge is 0.379 e. The molecule has 1 aliphatic heterocycles. The fourth-order valence-corrected chi connectivity index (χ4v) is 2.70. The molecule has 0 radical (unpaired) electrons. The van der Waals surface area contributed by atoms with Gasteiger partial charge in [0.2, 0.25) is 0 Å². The van der Waals surface area contributed by atoms with E-state index >= 15 is 0 Å². The lowest BCUT2D eigenvalue weighted by atomic mass is 10.2. The van der Waals surface area contributed by atoms with Gasteiger partial charge in [-0.1, -0.05) is 6.07 Å².